The van der Waals surface area contributed by atoms with Crippen LogP contribution < -0.4 is 10.6 Å². The van der Waals surface area contributed by atoms with Crippen molar-refractivity contribution in [3.63, 3.8) is 0 Å². The summed E-state index contributed by atoms with van der Waals surface area (Å²) in [7, 11) is 0. The topological polar surface area (TPSA) is 29.3 Å². The van der Waals surface area contributed by atoms with Crippen LogP contribution in [0, 0.1) is 5.82 Å². The van der Waals surface area contributed by atoms with E-state index in [2.05, 4.69) is 24.0 Å². The molecule has 0 fully saturated rings. The maximum atomic E-state index is 14.3. The maximum Gasteiger partial charge on any atom is 0.130 e. The van der Waals surface area contributed by atoms with Crippen LogP contribution in [-0.2, 0) is 6.42 Å². The van der Waals surface area contributed by atoms with Gasteiger partial charge in [0, 0.05) is 28.9 Å². The lowest BCUT2D eigenvalue weighted by molar-refractivity contribution is 0.530. The molecule has 21 heavy (non-hydrogen) atoms. The second kappa shape index (κ2) is 5.66. The molecular weight excluding hydrogens is 287 g/mol. The third-order valence-electron chi connectivity index (χ3n) is 4.15. The lowest BCUT2D eigenvalue weighted by atomic mass is 10.0. The minimum Gasteiger partial charge on any atom is -0.360 e. The van der Waals surface area contributed by atoms with Crippen LogP contribution in [0.4, 0.5) is 10.1 Å². The minimum atomic E-state index is -0.297. The Kier molecular flexibility index (Phi) is 3.87. The fraction of sp³-hybridized carbons (Fsp3) is 0.294. The maximum absolute atomic E-state index is 14.3. The molecule has 0 aliphatic carbocycles. The molecule has 1 heterocycles. The van der Waals surface area contributed by atoms with Crippen molar-refractivity contribution >= 4 is 17.3 Å². The number of rotatable bonds is 3. The molecule has 0 radical (unpaired) electrons. The number of anilines is 1. The van der Waals surface area contributed by atoms with E-state index in [0.29, 0.717) is 17.1 Å². The van der Waals surface area contributed by atoms with Crippen LogP contribution in [0.25, 0.3) is 0 Å². The first-order valence-electron chi connectivity index (χ1n) is 7.13. The van der Waals surface area contributed by atoms with Crippen molar-refractivity contribution in [1.29, 1.82) is 0 Å². The number of hydrogen-bond acceptors (Lipinski definition) is 2. The van der Waals surface area contributed by atoms with Crippen molar-refractivity contribution in [1.82, 2.24) is 0 Å². The standard InChI is InChI=1S/C17H18ClFN2/c1-11-9-12-5-2-3-8-15(12)21(11)16(10-20)17-13(18)6-4-7-14(17)19/h2-8,11,16H,9-10,20H2,1H3. The van der Waals surface area contributed by atoms with Gasteiger partial charge >= 0.3 is 0 Å². The predicted molar refractivity (Wildman–Crippen MR) is 85.3 cm³/mol. The van der Waals surface area contributed by atoms with Crippen LogP contribution in [0.5, 0.6) is 0 Å². The Morgan fingerprint density at radius 3 is 2.76 bits per heavy atom. The first kappa shape index (κ1) is 14.4. The summed E-state index contributed by atoms with van der Waals surface area (Å²) in [5.41, 5.74) is 8.86. The van der Waals surface area contributed by atoms with Crippen LogP contribution in [0.3, 0.4) is 0 Å². The molecule has 0 amide bonds. The average molecular weight is 305 g/mol. The molecule has 0 bridgehead atoms. The molecule has 1 aliphatic heterocycles. The molecule has 2 unspecified atom stereocenters. The monoisotopic (exact) mass is 304 g/mol. The van der Waals surface area contributed by atoms with Gasteiger partial charge in [-0.3, -0.25) is 0 Å². The normalized spacial score (nSPS) is 18.7. The first-order chi connectivity index (χ1) is 10.1. The van der Waals surface area contributed by atoms with Crippen LogP contribution in [0.2, 0.25) is 5.02 Å². The van der Waals surface area contributed by atoms with Gasteiger partial charge in [0.1, 0.15) is 5.82 Å². The van der Waals surface area contributed by atoms with Gasteiger partial charge in [-0.15, -0.1) is 0 Å². The summed E-state index contributed by atoms with van der Waals surface area (Å²) >= 11 is 6.23. The molecule has 0 saturated carbocycles. The number of nitrogens with zero attached hydrogens (tertiary/aromatic N) is 1. The minimum absolute atomic E-state index is 0.252. The zero-order chi connectivity index (χ0) is 15.0. The molecule has 0 spiro atoms. The number of fused-ring (bicyclic) bond motifs is 1. The average Bonchev–Trinajstić information content (AvgIpc) is 2.79. The molecule has 2 nitrogen and oxygen atoms in total. The molecule has 4 heteroatoms. The largest absolute Gasteiger partial charge is 0.360 e. The summed E-state index contributed by atoms with van der Waals surface area (Å²) in [6.07, 6.45) is 0.943. The molecule has 2 N–H and O–H groups in total. The van der Waals surface area contributed by atoms with E-state index in [-0.39, 0.29) is 17.9 Å². The Balaban J connectivity index is 2.09. The lowest BCUT2D eigenvalue weighted by Crippen LogP contribution is -2.38. The Hall–Kier alpha value is -1.58. The fourth-order valence-corrected chi connectivity index (χ4v) is 3.55. The van der Waals surface area contributed by atoms with Gasteiger partial charge in [-0.05, 0) is 37.1 Å². The second-order valence-electron chi connectivity index (χ2n) is 5.48. The van der Waals surface area contributed by atoms with E-state index in [4.69, 9.17) is 17.3 Å². The van der Waals surface area contributed by atoms with Crippen molar-refractivity contribution in [2.24, 2.45) is 5.73 Å². The highest BCUT2D eigenvalue weighted by molar-refractivity contribution is 6.31. The Morgan fingerprint density at radius 1 is 1.29 bits per heavy atom. The van der Waals surface area contributed by atoms with Crippen molar-refractivity contribution in [2.75, 3.05) is 11.4 Å². The molecule has 2 aromatic rings. The van der Waals surface area contributed by atoms with Gasteiger partial charge in [0.25, 0.3) is 0 Å². The third-order valence-corrected chi connectivity index (χ3v) is 4.48. The Morgan fingerprint density at radius 2 is 2.05 bits per heavy atom. The van der Waals surface area contributed by atoms with Crippen LogP contribution >= 0.6 is 11.6 Å². The number of hydrogen-bond donors (Lipinski definition) is 1. The summed E-state index contributed by atoms with van der Waals surface area (Å²) in [6, 6.07) is 13.0. The summed E-state index contributed by atoms with van der Waals surface area (Å²) in [6.45, 7) is 2.46. The van der Waals surface area contributed by atoms with Gasteiger partial charge in [-0.1, -0.05) is 35.9 Å². The van der Waals surface area contributed by atoms with Crippen LogP contribution in [0.15, 0.2) is 42.5 Å². The smallest absolute Gasteiger partial charge is 0.130 e. The van der Waals surface area contributed by atoms with Crippen molar-refractivity contribution in [2.45, 2.75) is 25.4 Å². The number of benzene rings is 2. The Bertz CT molecular complexity index is 639. The quantitative estimate of drug-likeness (QED) is 0.931. The highest BCUT2D eigenvalue weighted by atomic mass is 35.5. The SMILES string of the molecule is CC1Cc2ccccc2N1C(CN)c1c(F)cccc1Cl. The zero-order valence-electron chi connectivity index (χ0n) is 11.9. The van der Waals surface area contributed by atoms with Crippen LogP contribution in [0.1, 0.15) is 24.1 Å². The van der Waals surface area contributed by atoms with Crippen molar-refractivity contribution in [3.8, 4) is 0 Å². The first-order valence-corrected chi connectivity index (χ1v) is 7.51. The van der Waals surface area contributed by atoms with E-state index in [1.165, 1.54) is 11.6 Å². The zero-order valence-corrected chi connectivity index (χ0v) is 12.6. The molecule has 0 aromatic heterocycles. The van der Waals surface area contributed by atoms with Crippen LogP contribution in [-0.4, -0.2) is 12.6 Å². The number of nitrogens with two attached hydrogens (primary N) is 1. The van der Waals surface area contributed by atoms with E-state index in [1.54, 1.807) is 12.1 Å². The van der Waals surface area contributed by atoms with E-state index in [0.717, 1.165) is 12.1 Å². The molecule has 3 rings (SSSR count). The van der Waals surface area contributed by atoms with Crippen molar-refractivity contribution < 1.29 is 4.39 Å². The summed E-state index contributed by atoms with van der Waals surface area (Å²) in [5, 5.41) is 0.432. The third kappa shape index (κ3) is 2.41. The van der Waals surface area contributed by atoms with Gasteiger partial charge in [-0.25, -0.2) is 4.39 Å². The molecule has 110 valence electrons. The highest BCUT2D eigenvalue weighted by Gasteiger charge is 2.33. The van der Waals surface area contributed by atoms with Gasteiger partial charge in [-0.2, -0.15) is 0 Å². The van der Waals surface area contributed by atoms with E-state index in [9.17, 15) is 4.39 Å². The van der Waals surface area contributed by atoms with Gasteiger partial charge in [0.15, 0.2) is 0 Å². The second-order valence-corrected chi connectivity index (χ2v) is 5.88. The summed E-state index contributed by atoms with van der Waals surface area (Å²) in [5.74, 6) is -0.297. The molecule has 2 aromatic carbocycles. The number of halogens is 2. The highest BCUT2D eigenvalue weighted by Crippen LogP contribution is 2.40. The van der Waals surface area contributed by atoms with Gasteiger partial charge < -0.3 is 10.6 Å². The summed E-state index contributed by atoms with van der Waals surface area (Å²) in [4.78, 5) is 2.19. The Labute approximate surface area is 129 Å². The van der Waals surface area contributed by atoms with Gasteiger partial charge in [0.2, 0.25) is 0 Å². The molecule has 2 atom stereocenters. The van der Waals surface area contributed by atoms with E-state index >= 15 is 0 Å². The van der Waals surface area contributed by atoms with Gasteiger partial charge in [0.05, 0.1) is 6.04 Å². The molecule has 1 aliphatic rings. The number of para-hydroxylation sites is 1. The lowest BCUT2D eigenvalue weighted by Gasteiger charge is -2.34. The predicted octanol–water partition coefficient (Wildman–Crippen LogP) is 3.93. The molecular formula is C17H18ClFN2. The van der Waals surface area contributed by atoms with E-state index in [1.807, 2.05) is 12.1 Å². The molecule has 0 saturated heterocycles. The fourth-order valence-electron chi connectivity index (χ4n) is 3.26. The van der Waals surface area contributed by atoms with Crippen molar-refractivity contribution in [3.05, 3.63) is 64.4 Å². The summed E-state index contributed by atoms with van der Waals surface area (Å²) < 4.78 is 14.3. The van der Waals surface area contributed by atoms with E-state index < -0.39 is 0 Å².